The normalized spacial score (nSPS) is 14.2. The second-order valence-electron chi connectivity index (χ2n) is 6.02. The van der Waals surface area contributed by atoms with Crippen LogP contribution in [0.3, 0.4) is 0 Å². The molecular weight excluding hydrogens is 318 g/mol. The third-order valence-corrected chi connectivity index (χ3v) is 4.01. The number of urea groups is 1. The van der Waals surface area contributed by atoms with Crippen molar-refractivity contribution in [3.8, 4) is 0 Å². The highest BCUT2D eigenvalue weighted by molar-refractivity contribution is 5.89. The zero-order chi connectivity index (χ0) is 17.6. The highest BCUT2D eigenvalue weighted by Crippen LogP contribution is 2.14. The molecule has 2 N–H and O–H groups in total. The maximum absolute atomic E-state index is 12.1. The van der Waals surface area contributed by atoms with Crippen molar-refractivity contribution in [3.05, 3.63) is 47.3 Å². The molecule has 0 aliphatic carbocycles. The average Bonchev–Trinajstić information content (AvgIpc) is 2.62. The molecule has 0 radical (unpaired) electrons. The van der Waals surface area contributed by atoms with E-state index in [9.17, 15) is 4.79 Å². The number of carbonyl (C=O) groups is 1. The first kappa shape index (κ1) is 17.2. The number of hydrogen-bond acceptors (Lipinski definition) is 5. The largest absolute Gasteiger partial charge is 0.378 e. The summed E-state index contributed by atoms with van der Waals surface area (Å²) in [4.78, 5) is 23.3. The number of carbonyl (C=O) groups excluding carboxylic acids is 1. The van der Waals surface area contributed by atoms with Gasteiger partial charge in [-0.1, -0.05) is 18.2 Å². The fourth-order valence-electron chi connectivity index (χ4n) is 2.66. The Morgan fingerprint density at radius 2 is 1.96 bits per heavy atom. The van der Waals surface area contributed by atoms with Gasteiger partial charge in [0.05, 0.1) is 25.5 Å². The Kier molecular flexibility index (Phi) is 5.45. The molecule has 0 bridgehead atoms. The fraction of sp³-hybridized carbons (Fsp3) is 0.389. The molecule has 1 aromatic carbocycles. The monoisotopic (exact) mass is 341 g/mol. The molecule has 25 heavy (non-hydrogen) atoms. The van der Waals surface area contributed by atoms with Crippen molar-refractivity contribution >= 4 is 17.7 Å². The molecular formula is C18H23N5O2. The maximum atomic E-state index is 12.1. The van der Waals surface area contributed by atoms with Gasteiger partial charge in [0.1, 0.15) is 0 Å². The second kappa shape index (κ2) is 7.94. The van der Waals surface area contributed by atoms with E-state index in [2.05, 4.69) is 25.5 Å². The van der Waals surface area contributed by atoms with Gasteiger partial charge < -0.3 is 20.3 Å². The molecule has 1 aliphatic heterocycles. The van der Waals surface area contributed by atoms with Crippen molar-refractivity contribution in [2.45, 2.75) is 20.4 Å². The first-order valence-corrected chi connectivity index (χ1v) is 8.39. The molecule has 1 saturated heterocycles. The maximum Gasteiger partial charge on any atom is 0.319 e. The van der Waals surface area contributed by atoms with Crippen LogP contribution in [-0.2, 0) is 11.3 Å². The molecule has 7 heteroatoms. The van der Waals surface area contributed by atoms with Crippen LogP contribution >= 0.6 is 0 Å². The number of aromatic nitrogens is 2. The summed E-state index contributed by atoms with van der Waals surface area (Å²) >= 11 is 0. The van der Waals surface area contributed by atoms with E-state index in [0.717, 1.165) is 35.7 Å². The predicted octanol–water partition coefficient (Wildman–Crippen LogP) is 2.25. The summed E-state index contributed by atoms with van der Waals surface area (Å²) < 4.78 is 5.36. The quantitative estimate of drug-likeness (QED) is 0.892. The number of hydrogen-bond donors (Lipinski definition) is 2. The predicted molar refractivity (Wildman–Crippen MR) is 96.8 cm³/mol. The summed E-state index contributed by atoms with van der Waals surface area (Å²) in [7, 11) is 0. The lowest BCUT2D eigenvalue weighted by Crippen LogP contribution is -2.37. The van der Waals surface area contributed by atoms with Crippen molar-refractivity contribution in [1.82, 2.24) is 15.3 Å². The van der Waals surface area contributed by atoms with Gasteiger partial charge in [-0.15, -0.1) is 0 Å². The van der Waals surface area contributed by atoms with Gasteiger partial charge in [-0.05, 0) is 31.5 Å². The number of ether oxygens (including phenoxy) is 1. The second-order valence-corrected chi connectivity index (χ2v) is 6.02. The van der Waals surface area contributed by atoms with Crippen LogP contribution in [0.2, 0.25) is 0 Å². The summed E-state index contributed by atoms with van der Waals surface area (Å²) in [5.74, 6) is 0.694. The van der Waals surface area contributed by atoms with Crippen LogP contribution in [0.4, 0.5) is 16.4 Å². The topological polar surface area (TPSA) is 79.4 Å². The van der Waals surface area contributed by atoms with Gasteiger partial charge in [0.25, 0.3) is 0 Å². The molecule has 132 valence electrons. The van der Waals surface area contributed by atoms with Gasteiger partial charge in [0.2, 0.25) is 5.95 Å². The van der Waals surface area contributed by atoms with Gasteiger partial charge in [0, 0.05) is 24.5 Å². The molecule has 0 atom stereocenters. The fourth-order valence-corrected chi connectivity index (χ4v) is 2.66. The van der Waals surface area contributed by atoms with Crippen LogP contribution in [0.25, 0.3) is 0 Å². The molecule has 7 nitrogen and oxygen atoms in total. The molecule has 0 spiro atoms. The minimum atomic E-state index is -0.251. The third kappa shape index (κ3) is 4.67. The van der Waals surface area contributed by atoms with Crippen LogP contribution in [-0.4, -0.2) is 42.3 Å². The Balaban J connectivity index is 1.61. The lowest BCUT2D eigenvalue weighted by atomic mass is 10.2. The summed E-state index contributed by atoms with van der Waals surface area (Å²) in [5, 5.41) is 5.70. The zero-order valence-electron chi connectivity index (χ0n) is 14.6. The minimum absolute atomic E-state index is 0.251. The summed E-state index contributed by atoms with van der Waals surface area (Å²) in [6.45, 7) is 7.17. The highest BCUT2D eigenvalue weighted by atomic mass is 16.5. The van der Waals surface area contributed by atoms with Crippen LogP contribution in [0.5, 0.6) is 0 Å². The zero-order valence-corrected chi connectivity index (χ0v) is 14.6. The summed E-state index contributed by atoms with van der Waals surface area (Å²) in [6.07, 6.45) is 0. The van der Waals surface area contributed by atoms with Crippen LogP contribution in [0.15, 0.2) is 30.3 Å². The SMILES string of the molecule is Cc1cc(CNC(=O)Nc2ccccc2C)nc(N2CCOCC2)n1. The highest BCUT2D eigenvalue weighted by Gasteiger charge is 2.15. The Hall–Kier alpha value is -2.67. The lowest BCUT2D eigenvalue weighted by molar-refractivity contribution is 0.122. The van der Waals surface area contributed by atoms with Crippen molar-refractivity contribution < 1.29 is 9.53 Å². The molecule has 2 heterocycles. The number of nitrogens with zero attached hydrogens (tertiary/aromatic N) is 3. The molecule has 1 aliphatic rings. The van der Waals surface area contributed by atoms with Crippen molar-refractivity contribution in [1.29, 1.82) is 0 Å². The van der Waals surface area contributed by atoms with Gasteiger partial charge in [-0.2, -0.15) is 0 Å². The number of amides is 2. The minimum Gasteiger partial charge on any atom is -0.378 e. The number of aryl methyl sites for hydroxylation is 2. The first-order valence-electron chi connectivity index (χ1n) is 8.39. The number of rotatable bonds is 4. The Morgan fingerprint density at radius 1 is 1.20 bits per heavy atom. The number of benzene rings is 1. The van der Waals surface area contributed by atoms with Gasteiger partial charge in [-0.3, -0.25) is 0 Å². The Bertz CT molecular complexity index is 744. The molecule has 2 aromatic rings. The molecule has 0 unspecified atom stereocenters. The van der Waals surface area contributed by atoms with Gasteiger partial charge >= 0.3 is 6.03 Å². The number of morpholine rings is 1. The number of para-hydroxylation sites is 1. The van der Waals surface area contributed by atoms with E-state index in [4.69, 9.17) is 4.74 Å². The average molecular weight is 341 g/mol. The molecule has 1 fully saturated rings. The van der Waals surface area contributed by atoms with E-state index in [1.54, 1.807) is 0 Å². The van der Waals surface area contributed by atoms with Crippen molar-refractivity contribution in [3.63, 3.8) is 0 Å². The summed E-state index contributed by atoms with van der Waals surface area (Å²) in [5.41, 5.74) is 3.49. The van der Waals surface area contributed by atoms with E-state index in [1.807, 2.05) is 44.2 Å². The van der Waals surface area contributed by atoms with E-state index in [-0.39, 0.29) is 6.03 Å². The lowest BCUT2D eigenvalue weighted by Gasteiger charge is -2.27. The Morgan fingerprint density at radius 3 is 2.72 bits per heavy atom. The van der Waals surface area contributed by atoms with Crippen LogP contribution in [0.1, 0.15) is 17.0 Å². The van der Waals surface area contributed by atoms with Crippen molar-refractivity contribution in [2.75, 3.05) is 36.5 Å². The van der Waals surface area contributed by atoms with E-state index in [0.29, 0.717) is 25.7 Å². The van der Waals surface area contributed by atoms with Crippen LogP contribution < -0.4 is 15.5 Å². The Labute approximate surface area is 147 Å². The molecule has 1 aromatic heterocycles. The standard InChI is InChI=1S/C18H23N5O2/c1-13-5-3-4-6-16(13)22-18(24)19-12-15-11-14(2)20-17(21-15)23-7-9-25-10-8-23/h3-6,11H,7-10,12H2,1-2H3,(H2,19,22,24). The first-order chi connectivity index (χ1) is 12.1. The van der Waals surface area contributed by atoms with Crippen molar-refractivity contribution in [2.24, 2.45) is 0 Å². The summed E-state index contributed by atoms with van der Waals surface area (Å²) in [6, 6.07) is 9.30. The third-order valence-electron chi connectivity index (χ3n) is 4.01. The van der Waals surface area contributed by atoms with Crippen LogP contribution in [0, 0.1) is 13.8 Å². The molecule has 0 saturated carbocycles. The number of nitrogens with one attached hydrogen (secondary N) is 2. The smallest absolute Gasteiger partial charge is 0.319 e. The molecule has 3 rings (SSSR count). The van der Waals surface area contributed by atoms with E-state index >= 15 is 0 Å². The molecule has 2 amide bonds. The van der Waals surface area contributed by atoms with E-state index in [1.165, 1.54) is 0 Å². The van der Waals surface area contributed by atoms with Gasteiger partial charge in [0.15, 0.2) is 0 Å². The van der Waals surface area contributed by atoms with E-state index < -0.39 is 0 Å². The van der Waals surface area contributed by atoms with Gasteiger partial charge in [-0.25, -0.2) is 14.8 Å². The number of anilines is 2.